The van der Waals surface area contributed by atoms with Gasteiger partial charge in [-0.3, -0.25) is 0 Å². The molecule has 1 aliphatic rings. The van der Waals surface area contributed by atoms with E-state index < -0.39 is 11.9 Å². The Bertz CT molecular complexity index is 405. The van der Waals surface area contributed by atoms with Crippen molar-refractivity contribution in [2.24, 2.45) is 5.92 Å². The molecular weight excluding hydrogens is 291 g/mol. The molecule has 1 aliphatic heterocycles. The summed E-state index contributed by atoms with van der Waals surface area (Å²) in [5, 5.41) is 10.2. The highest BCUT2D eigenvalue weighted by molar-refractivity contribution is 9.10. The average molecular weight is 305 g/mol. The summed E-state index contributed by atoms with van der Waals surface area (Å²) in [6.07, 6.45) is 0.114. The van der Waals surface area contributed by atoms with Gasteiger partial charge in [-0.1, -0.05) is 0 Å². The van der Waals surface area contributed by atoms with E-state index in [0.717, 1.165) is 6.42 Å². The number of hydrogen-bond donors (Lipinski definition) is 1. The number of aliphatic hydroxyl groups is 1. The van der Waals surface area contributed by atoms with E-state index in [4.69, 9.17) is 9.47 Å². The molecule has 1 fully saturated rings. The molecule has 0 bridgehead atoms. The Labute approximate surface area is 108 Å². The zero-order valence-electron chi connectivity index (χ0n) is 9.45. The third-order valence-electron chi connectivity index (χ3n) is 3.00. The second-order valence-corrected chi connectivity index (χ2v) is 4.93. The first-order valence-electron chi connectivity index (χ1n) is 5.42. The fourth-order valence-corrected chi connectivity index (χ4v) is 2.37. The van der Waals surface area contributed by atoms with Crippen LogP contribution in [-0.2, 0) is 4.74 Å². The zero-order valence-corrected chi connectivity index (χ0v) is 11.0. The van der Waals surface area contributed by atoms with Crippen LogP contribution in [0.2, 0.25) is 0 Å². The van der Waals surface area contributed by atoms with Crippen molar-refractivity contribution < 1.29 is 19.0 Å². The van der Waals surface area contributed by atoms with Gasteiger partial charge in [-0.2, -0.15) is 0 Å². The maximum atomic E-state index is 13.4. The minimum Gasteiger partial charge on any atom is -0.496 e. The Balaban J connectivity index is 2.32. The molecule has 0 saturated carbocycles. The summed E-state index contributed by atoms with van der Waals surface area (Å²) in [6, 6.07) is 2.84. The highest BCUT2D eigenvalue weighted by Gasteiger charge is 2.28. The lowest BCUT2D eigenvalue weighted by molar-refractivity contribution is 0.0895. The Morgan fingerprint density at radius 3 is 2.94 bits per heavy atom. The van der Waals surface area contributed by atoms with E-state index in [9.17, 15) is 9.50 Å². The van der Waals surface area contributed by atoms with Crippen LogP contribution >= 0.6 is 15.9 Å². The molecule has 1 aromatic rings. The van der Waals surface area contributed by atoms with Crippen LogP contribution in [0.15, 0.2) is 16.6 Å². The van der Waals surface area contributed by atoms with Gasteiger partial charge >= 0.3 is 0 Å². The number of ether oxygens (including phenoxy) is 2. The predicted octanol–water partition coefficient (Wildman–Crippen LogP) is 2.67. The minimum absolute atomic E-state index is 0.0428. The molecular formula is C12H14BrFO3. The van der Waals surface area contributed by atoms with Gasteiger partial charge in [-0.05, 0) is 28.4 Å². The highest BCUT2D eigenvalue weighted by Crippen LogP contribution is 2.36. The summed E-state index contributed by atoms with van der Waals surface area (Å²) in [6.45, 7) is 1.19. The van der Waals surface area contributed by atoms with E-state index >= 15 is 0 Å². The molecule has 1 N–H and O–H groups in total. The van der Waals surface area contributed by atoms with Crippen LogP contribution in [0, 0.1) is 11.7 Å². The topological polar surface area (TPSA) is 38.7 Å². The highest BCUT2D eigenvalue weighted by atomic mass is 79.9. The third kappa shape index (κ3) is 2.61. The van der Waals surface area contributed by atoms with Crippen LogP contribution < -0.4 is 4.74 Å². The number of hydrogen-bond acceptors (Lipinski definition) is 3. The van der Waals surface area contributed by atoms with Crippen molar-refractivity contribution in [2.75, 3.05) is 20.3 Å². The smallest absolute Gasteiger partial charge is 0.141 e. The lowest BCUT2D eigenvalue weighted by Crippen LogP contribution is -2.13. The summed E-state index contributed by atoms with van der Waals surface area (Å²) in [5.41, 5.74) is 0.594. The van der Waals surface area contributed by atoms with Crippen LogP contribution in [0.4, 0.5) is 4.39 Å². The van der Waals surface area contributed by atoms with Gasteiger partial charge in [-0.15, -0.1) is 0 Å². The van der Waals surface area contributed by atoms with E-state index in [0.29, 0.717) is 29.0 Å². The van der Waals surface area contributed by atoms with E-state index in [1.807, 2.05) is 0 Å². The molecule has 94 valence electrons. The summed E-state index contributed by atoms with van der Waals surface area (Å²) < 4.78 is 24.0. The molecule has 1 aromatic carbocycles. The molecule has 2 rings (SSSR count). The van der Waals surface area contributed by atoms with Crippen molar-refractivity contribution in [3.63, 3.8) is 0 Å². The van der Waals surface area contributed by atoms with Crippen molar-refractivity contribution in [3.8, 4) is 5.75 Å². The molecule has 1 saturated heterocycles. The second-order valence-electron chi connectivity index (χ2n) is 4.08. The van der Waals surface area contributed by atoms with Gasteiger partial charge in [0.25, 0.3) is 0 Å². The normalized spacial score (nSPS) is 21.5. The molecule has 0 spiro atoms. The van der Waals surface area contributed by atoms with Crippen LogP contribution in [0.25, 0.3) is 0 Å². The quantitative estimate of drug-likeness (QED) is 0.933. The molecule has 2 atom stereocenters. The molecule has 17 heavy (non-hydrogen) atoms. The minimum atomic E-state index is -0.690. The van der Waals surface area contributed by atoms with Gasteiger partial charge in [0.1, 0.15) is 11.6 Å². The largest absolute Gasteiger partial charge is 0.496 e. The fourth-order valence-electron chi connectivity index (χ4n) is 2.01. The molecule has 0 amide bonds. The van der Waals surface area contributed by atoms with Gasteiger partial charge in [0.15, 0.2) is 0 Å². The summed E-state index contributed by atoms with van der Waals surface area (Å²) >= 11 is 3.11. The molecule has 0 aromatic heterocycles. The van der Waals surface area contributed by atoms with E-state index in [-0.39, 0.29) is 5.92 Å². The number of rotatable bonds is 3. The number of methoxy groups -OCH3 is 1. The summed E-state index contributed by atoms with van der Waals surface area (Å²) in [7, 11) is 1.46. The second kappa shape index (κ2) is 5.33. The van der Waals surface area contributed by atoms with E-state index in [1.54, 1.807) is 6.07 Å². The number of aliphatic hydroxyl groups excluding tert-OH is 1. The SMILES string of the molecule is COc1cc(F)c(Br)cc1C(O)C1CCOC1. The van der Waals surface area contributed by atoms with E-state index in [2.05, 4.69) is 15.9 Å². The van der Waals surface area contributed by atoms with Gasteiger partial charge < -0.3 is 14.6 Å². The van der Waals surface area contributed by atoms with Crippen molar-refractivity contribution in [1.29, 1.82) is 0 Å². The average Bonchev–Trinajstić information content (AvgIpc) is 2.84. The van der Waals surface area contributed by atoms with Crippen LogP contribution in [-0.4, -0.2) is 25.4 Å². The number of benzene rings is 1. The molecule has 0 aliphatic carbocycles. The first-order valence-corrected chi connectivity index (χ1v) is 6.21. The molecule has 1 heterocycles. The molecule has 5 heteroatoms. The maximum absolute atomic E-state index is 13.4. The standard InChI is InChI=1S/C12H14BrFO3/c1-16-11-5-10(14)9(13)4-8(11)12(15)7-2-3-17-6-7/h4-5,7,12,15H,2-3,6H2,1H3. The Morgan fingerprint density at radius 2 is 2.35 bits per heavy atom. The first-order chi connectivity index (χ1) is 8.13. The fraction of sp³-hybridized carbons (Fsp3) is 0.500. The van der Waals surface area contributed by atoms with Crippen molar-refractivity contribution in [1.82, 2.24) is 0 Å². The Hall–Kier alpha value is -0.650. The maximum Gasteiger partial charge on any atom is 0.141 e. The van der Waals surface area contributed by atoms with Crippen LogP contribution in [0.5, 0.6) is 5.75 Å². The third-order valence-corrected chi connectivity index (χ3v) is 3.61. The van der Waals surface area contributed by atoms with Crippen LogP contribution in [0.3, 0.4) is 0 Å². The monoisotopic (exact) mass is 304 g/mol. The number of halogens is 2. The lowest BCUT2D eigenvalue weighted by atomic mass is 9.94. The summed E-state index contributed by atoms with van der Waals surface area (Å²) in [5.74, 6) is 0.00633. The van der Waals surface area contributed by atoms with E-state index in [1.165, 1.54) is 13.2 Å². The predicted molar refractivity (Wildman–Crippen MR) is 64.5 cm³/mol. The first kappa shape index (κ1) is 12.8. The van der Waals surface area contributed by atoms with Gasteiger partial charge in [0.2, 0.25) is 0 Å². The van der Waals surface area contributed by atoms with Gasteiger partial charge in [-0.25, -0.2) is 4.39 Å². The summed E-state index contributed by atoms with van der Waals surface area (Å²) in [4.78, 5) is 0. The van der Waals surface area contributed by atoms with Crippen molar-refractivity contribution >= 4 is 15.9 Å². The Kier molecular flexibility index (Phi) is 4.01. The van der Waals surface area contributed by atoms with Crippen LogP contribution in [0.1, 0.15) is 18.1 Å². The lowest BCUT2D eigenvalue weighted by Gasteiger charge is -2.19. The van der Waals surface area contributed by atoms with Crippen molar-refractivity contribution in [2.45, 2.75) is 12.5 Å². The van der Waals surface area contributed by atoms with Gasteiger partial charge in [0, 0.05) is 24.2 Å². The van der Waals surface area contributed by atoms with Crippen molar-refractivity contribution in [3.05, 3.63) is 28.0 Å². The molecule has 0 radical (unpaired) electrons. The van der Waals surface area contributed by atoms with Gasteiger partial charge in [0.05, 0.1) is 24.3 Å². The zero-order chi connectivity index (χ0) is 12.4. The molecule has 3 nitrogen and oxygen atoms in total. The molecule has 2 unspecified atom stereocenters. The Morgan fingerprint density at radius 1 is 1.59 bits per heavy atom.